The summed E-state index contributed by atoms with van der Waals surface area (Å²) >= 11 is 3.39. The quantitative estimate of drug-likeness (QED) is 0.0521. The van der Waals surface area contributed by atoms with Crippen LogP contribution in [0.25, 0.3) is 0 Å². The number of likely N-dealkylation sites (tertiary alicyclic amines) is 1. The molecule has 428 valence electrons. The second-order valence-corrected chi connectivity index (χ2v) is 25.0. The van der Waals surface area contributed by atoms with E-state index < -0.39 is 74.7 Å². The summed E-state index contributed by atoms with van der Waals surface area (Å²) in [6.45, 7) is 9.02. The van der Waals surface area contributed by atoms with E-state index in [0.717, 1.165) is 29.0 Å². The van der Waals surface area contributed by atoms with Crippen molar-refractivity contribution < 1.29 is 61.2 Å². The maximum absolute atomic E-state index is 14.0. The van der Waals surface area contributed by atoms with Gasteiger partial charge in [-0.25, -0.2) is 12.7 Å². The van der Waals surface area contributed by atoms with Crippen LogP contribution in [0, 0.1) is 11.3 Å². The molecule has 0 spiro atoms. The van der Waals surface area contributed by atoms with Crippen LogP contribution in [0.5, 0.6) is 0 Å². The van der Waals surface area contributed by atoms with Crippen molar-refractivity contribution in [2.75, 3.05) is 96.9 Å². The van der Waals surface area contributed by atoms with Crippen LogP contribution in [0.4, 0.5) is 0 Å². The predicted octanol–water partition coefficient (Wildman–Crippen LogP) is 0.726. The molecule has 4 saturated heterocycles. The van der Waals surface area contributed by atoms with Crippen molar-refractivity contribution in [2.24, 2.45) is 11.3 Å². The Morgan fingerprint density at radius 2 is 1.55 bits per heavy atom. The number of aliphatic hydroxyl groups excluding tert-OH is 1. The number of aliphatic hydroxyl groups is 1. The first-order valence-corrected chi connectivity index (χ1v) is 30.3. The molecule has 25 heteroatoms. The van der Waals surface area contributed by atoms with Gasteiger partial charge in [0, 0.05) is 81.1 Å². The van der Waals surface area contributed by atoms with E-state index in [-0.39, 0.29) is 116 Å². The number of hydrogen-bond donors (Lipinski definition) is 8. The van der Waals surface area contributed by atoms with Crippen molar-refractivity contribution in [1.82, 2.24) is 46.4 Å². The Kier molecular flexibility index (Phi) is 24.3. The van der Waals surface area contributed by atoms with Gasteiger partial charge in [0.15, 0.2) is 0 Å². The minimum absolute atomic E-state index is 0.0332. The normalized spacial score (nSPS) is 23.6. The van der Waals surface area contributed by atoms with Crippen LogP contribution in [-0.4, -0.2) is 191 Å². The summed E-state index contributed by atoms with van der Waals surface area (Å²) in [4.78, 5) is 81.0. The van der Waals surface area contributed by atoms with E-state index in [1.807, 2.05) is 75.0 Å². The smallest absolute Gasteiger partial charge is 0.246 e. The van der Waals surface area contributed by atoms with Gasteiger partial charge in [0.25, 0.3) is 0 Å². The van der Waals surface area contributed by atoms with Crippen LogP contribution in [-0.2, 0) is 64.3 Å². The van der Waals surface area contributed by atoms with Gasteiger partial charge < -0.3 is 60.9 Å². The van der Waals surface area contributed by atoms with Crippen LogP contribution in [0.3, 0.4) is 0 Å². The van der Waals surface area contributed by atoms with E-state index in [2.05, 4.69) is 56.3 Å². The van der Waals surface area contributed by atoms with Gasteiger partial charge >= 0.3 is 0 Å². The Morgan fingerprint density at radius 3 is 2.22 bits per heavy atom. The molecule has 6 rings (SSSR count). The van der Waals surface area contributed by atoms with E-state index in [9.17, 15) is 42.3 Å². The molecule has 0 aromatic heterocycles. The molecule has 0 radical (unpaired) electrons. The van der Waals surface area contributed by atoms with E-state index in [1.165, 1.54) is 26.5 Å². The fourth-order valence-electron chi connectivity index (χ4n) is 9.23. The van der Waals surface area contributed by atoms with Crippen molar-refractivity contribution >= 4 is 69.0 Å². The SMILES string of the molecule is CC1NCSC1c1ccc(CNC(=O)[C@@H]2C[C@@H](O)CN2C(=O)[C@@H](NC(=O)COCCOCCOCCNC(=O)CCCOC[C@H](NC(=O)C2CCN(S(C)(=O)=O)C2)C(=O)NC2NC(c3ccccc3)CS2)C(C)(C)C)cc1. The van der Waals surface area contributed by atoms with Gasteiger partial charge in [0.05, 0.1) is 57.9 Å². The summed E-state index contributed by atoms with van der Waals surface area (Å²) in [5.74, 6) is -1.43. The lowest BCUT2D eigenvalue weighted by atomic mass is 9.85. The first-order valence-electron chi connectivity index (χ1n) is 26.3. The number of nitrogens with one attached hydrogen (secondary N) is 7. The molecule has 0 saturated carbocycles. The minimum atomic E-state index is -3.46. The Bertz CT molecular complexity index is 2370. The Hall–Kier alpha value is -4.41. The topological polar surface area (TPSA) is 284 Å². The minimum Gasteiger partial charge on any atom is -0.391 e. The number of nitrogens with zero attached hydrogens (tertiary/aromatic N) is 2. The van der Waals surface area contributed by atoms with Crippen LogP contribution < -0.4 is 37.2 Å². The van der Waals surface area contributed by atoms with Crippen molar-refractivity contribution in [3.63, 3.8) is 0 Å². The number of rotatable bonds is 29. The summed E-state index contributed by atoms with van der Waals surface area (Å²) in [6.07, 6.45) is 1.14. The average Bonchev–Trinajstić information content (AvgIpc) is 4.25. The highest BCUT2D eigenvalue weighted by atomic mass is 32.2. The largest absolute Gasteiger partial charge is 0.391 e. The van der Waals surface area contributed by atoms with Gasteiger partial charge in [0.1, 0.15) is 30.2 Å². The van der Waals surface area contributed by atoms with Crippen molar-refractivity contribution in [3.05, 3.63) is 71.3 Å². The number of amides is 6. The van der Waals surface area contributed by atoms with Gasteiger partial charge in [-0.05, 0) is 41.9 Å². The highest BCUT2D eigenvalue weighted by Gasteiger charge is 2.45. The number of benzene rings is 2. The first kappa shape index (κ1) is 61.8. The molecule has 0 bridgehead atoms. The molecule has 4 aliphatic heterocycles. The molecule has 0 aliphatic carbocycles. The fourth-order valence-corrected chi connectivity index (χ4v) is 12.5. The second kappa shape index (κ2) is 30.3. The Morgan fingerprint density at radius 1 is 0.831 bits per heavy atom. The molecule has 4 heterocycles. The molecule has 77 heavy (non-hydrogen) atoms. The van der Waals surface area contributed by atoms with E-state index in [1.54, 1.807) is 0 Å². The lowest BCUT2D eigenvalue weighted by molar-refractivity contribution is -0.144. The van der Waals surface area contributed by atoms with Crippen LogP contribution in [0.2, 0.25) is 0 Å². The maximum Gasteiger partial charge on any atom is 0.246 e. The molecular weight excluding hydrogens is 1050 g/mol. The number of carbonyl (C=O) groups is 6. The molecule has 6 amide bonds. The molecule has 4 fully saturated rings. The monoisotopic (exact) mass is 1130 g/mol. The van der Waals surface area contributed by atoms with Crippen molar-refractivity contribution in [1.29, 1.82) is 0 Å². The zero-order chi connectivity index (χ0) is 55.5. The number of β-amino-alcohol motifs (C(OH)–C–C–N with tert-alkyl or cyclic N) is 1. The summed E-state index contributed by atoms with van der Waals surface area (Å²) in [6, 6.07) is 15.4. The Balaban J connectivity index is 0.804. The fraction of sp³-hybridized carbons (Fsp3) is 0.654. The highest BCUT2D eigenvalue weighted by Crippen LogP contribution is 2.36. The zero-order valence-corrected chi connectivity index (χ0v) is 47.2. The van der Waals surface area contributed by atoms with E-state index in [0.29, 0.717) is 24.1 Å². The summed E-state index contributed by atoms with van der Waals surface area (Å²) < 4.78 is 47.7. The third-order valence-corrected chi connectivity index (χ3v) is 17.3. The molecule has 22 nitrogen and oxygen atoms in total. The Labute approximate surface area is 461 Å². The van der Waals surface area contributed by atoms with Crippen LogP contribution in [0.1, 0.15) is 81.4 Å². The number of carbonyl (C=O) groups excluding carboxylic acids is 6. The molecule has 8 N–H and O–H groups in total. The van der Waals surface area contributed by atoms with E-state index in [4.69, 9.17) is 18.9 Å². The lowest BCUT2D eigenvalue weighted by Gasteiger charge is -2.35. The molecule has 2 aromatic carbocycles. The maximum atomic E-state index is 14.0. The van der Waals surface area contributed by atoms with Gasteiger partial charge in [-0.15, -0.1) is 23.5 Å². The number of thioether (sulfide) groups is 2. The van der Waals surface area contributed by atoms with Gasteiger partial charge in [-0.2, -0.15) is 0 Å². The standard InChI is InChI=1S/C52H79N9O13S3/c1-34-45(76-33-55-34)37-15-13-35(14-16-37)27-54-49(67)42-26-39(62)29-61(42)50(68)46(52(2,3)4)58-44(64)31-74-25-24-72-23-22-71-21-18-53-43(63)12-9-20-73-30-40(56-47(65)38-17-19-60(28-38)77(5,69)70)48(66)59-51-57-41(32-75-51)36-10-7-6-8-11-36/h6-8,10-11,13-16,34,38-42,45-46,51,55,57,62H,9,12,17-33H2,1-5H3,(H,53,63)(H,54,67)(H,56,65)(H,58,64)(H,59,66)/t34?,38?,39-,40+,41?,42+,45?,46-,51?/m1/s1. The molecule has 5 unspecified atom stereocenters. The lowest BCUT2D eigenvalue weighted by Crippen LogP contribution is -2.58. The van der Waals surface area contributed by atoms with Crippen LogP contribution >= 0.6 is 23.5 Å². The third kappa shape index (κ3) is 19.7. The molecular formula is C52H79N9O13S3. The number of ether oxygens (including phenoxy) is 4. The number of hydrogen-bond acceptors (Lipinski definition) is 17. The average molecular weight is 1130 g/mol. The van der Waals surface area contributed by atoms with Gasteiger partial charge in [-0.3, -0.25) is 34.1 Å². The van der Waals surface area contributed by atoms with Crippen LogP contribution in [0.15, 0.2) is 54.6 Å². The molecule has 2 aromatic rings. The van der Waals surface area contributed by atoms with Crippen molar-refractivity contribution in [3.8, 4) is 0 Å². The summed E-state index contributed by atoms with van der Waals surface area (Å²) in [7, 11) is -3.46. The van der Waals surface area contributed by atoms with E-state index >= 15 is 0 Å². The second-order valence-electron chi connectivity index (χ2n) is 20.8. The predicted molar refractivity (Wildman–Crippen MR) is 292 cm³/mol. The third-order valence-electron chi connectivity index (χ3n) is 13.6. The summed E-state index contributed by atoms with van der Waals surface area (Å²) in [5.41, 5.74) is 2.10. The zero-order valence-electron chi connectivity index (χ0n) is 44.8. The van der Waals surface area contributed by atoms with Crippen molar-refractivity contribution in [2.45, 2.75) is 107 Å². The first-order chi connectivity index (χ1) is 36.8. The molecule has 4 aliphatic rings. The molecule has 9 atom stereocenters. The number of sulfonamides is 1. The van der Waals surface area contributed by atoms with Gasteiger partial charge in [0.2, 0.25) is 45.5 Å². The van der Waals surface area contributed by atoms with Gasteiger partial charge in [-0.1, -0.05) is 75.4 Å². The summed E-state index contributed by atoms with van der Waals surface area (Å²) in [5, 5.41) is 31.9. The highest BCUT2D eigenvalue weighted by molar-refractivity contribution is 8.00.